The van der Waals surface area contributed by atoms with E-state index in [0.717, 1.165) is 23.0 Å². The van der Waals surface area contributed by atoms with Gasteiger partial charge in [-0.05, 0) is 19.1 Å². The van der Waals surface area contributed by atoms with Crippen LogP contribution in [0.15, 0.2) is 24.3 Å². The summed E-state index contributed by atoms with van der Waals surface area (Å²) in [4.78, 5) is 20.6. The van der Waals surface area contributed by atoms with Gasteiger partial charge in [0.15, 0.2) is 5.60 Å². The Morgan fingerprint density at radius 3 is 2.67 bits per heavy atom. The number of hydrogen-bond donors (Lipinski definition) is 2. The molecule has 0 bridgehead atoms. The van der Waals surface area contributed by atoms with Crippen LogP contribution in [0.2, 0.25) is 0 Å². The van der Waals surface area contributed by atoms with Gasteiger partial charge in [-0.1, -0.05) is 12.1 Å². The molecule has 1 aliphatic rings. The minimum atomic E-state index is -4.51. The predicted octanol–water partition coefficient (Wildman–Crippen LogP) is 2.60. The number of para-hydroxylation sites is 2. The summed E-state index contributed by atoms with van der Waals surface area (Å²) in [5.41, 5.74) is -0.687. The average molecular weight is 342 g/mol. The summed E-state index contributed by atoms with van der Waals surface area (Å²) in [5.74, 6) is 0.541. The van der Waals surface area contributed by atoms with Crippen LogP contribution in [0.1, 0.15) is 18.8 Å². The molecule has 1 aromatic heterocycles. The Morgan fingerprint density at radius 2 is 2.08 bits per heavy atom. The molecule has 1 atom stereocenters. The Balaban J connectivity index is 1.63. The number of methoxy groups -OCH3 is 1. The molecule has 130 valence electrons. The molecule has 2 amide bonds. The summed E-state index contributed by atoms with van der Waals surface area (Å²) in [5, 5.41) is 2.64. The van der Waals surface area contributed by atoms with Gasteiger partial charge in [0.1, 0.15) is 5.82 Å². The van der Waals surface area contributed by atoms with Gasteiger partial charge < -0.3 is 19.9 Å². The number of nitrogens with zero attached hydrogens (tertiary/aromatic N) is 2. The van der Waals surface area contributed by atoms with Gasteiger partial charge >= 0.3 is 12.2 Å². The molecular weight excluding hydrogens is 325 g/mol. The number of rotatable bonds is 3. The van der Waals surface area contributed by atoms with Crippen molar-refractivity contribution in [3.63, 3.8) is 0 Å². The van der Waals surface area contributed by atoms with E-state index < -0.39 is 36.9 Å². The second kappa shape index (κ2) is 5.66. The van der Waals surface area contributed by atoms with Crippen LogP contribution in [0, 0.1) is 0 Å². The molecule has 1 fully saturated rings. The van der Waals surface area contributed by atoms with Crippen molar-refractivity contribution in [1.82, 2.24) is 20.2 Å². The molecule has 3 rings (SSSR count). The maximum absolute atomic E-state index is 12.9. The molecule has 0 spiro atoms. The topological polar surface area (TPSA) is 70.2 Å². The lowest BCUT2D eigenvalue weighted by atomic mass is 9.93. The second-order valence-corrected chi connectivity index (χ2v) is 5.86. The first-order valence-electron chi connectivity index (χ1n) is 7.38. The van der Waals surface area contributed by atoms with E-state index in [1.807, 2.05) is 24.3 Å². The first-order chi connectivity index (χ1) is 11.3. The molecule has 2 heterocycles. The van der Waals surface area contributed by atoms with Crippen LogP contribution in [-0.2, 0) is 4.74 Å². The van der Waals surface area contributed by atoms with Gasteiger partial charge in [-0.3, -0.25) is 0 Å². The fraction of sp³-hybridized carbons (Fsp3) is 0.467. The molecule has 9 heteroatoms. The quantitative estimate of drug-likeness (QED) is 0.901. The lowest BCUT2D eigenvalue weighted by molar-refractivity contribution is -0.303. The Hall–Kier alpha value is -2.29. The number of aromatic nitrogens is 2. The molecule has 1 aliphatic heterocycles. The minimum absolute atomic E-state index is 0.465. The van der Waals surface area contributed by atoms with E-state index >= 15 is 0 Å². The van der Waals surface area contributed by atoms with Crippen molar-refractivity contribution in [1.29, 1.82) is 0 Å². The highest BCUT2D eigenvalue weighted by atomic mass is 19.4. The van der Waals surface area contributed by atoms with Gasteiger partial charge in [-0.25, -0.2) is 9.78 Å². The van der Waals surface area contributed by atoms with Crippen molar-refractivity contribution < 1.29 is 22.7 Å². The number of likely N-dealkylation sites (tertiary alicyclic amines) is 1. The number of amides is 2. The van der Waals surface area contributed by atoms with Crippen molar-refractivity contribution in [3.05, 3.63) is 30.1 Å². The normalized spacial score (nSPS) is 18.3. The number of aromatic amines is 1. The SMILES string of the molecule is COC1(C(F)(F)F)CN(C(=O)N[C@@H](C)c2nc3ccccc3[nH]2)C1. The molecular formula is C15H17F3N4O2. The lowest BCUT2D eigenvalue weighted by Gasteiger charge is -2.49. The van der Waals surface area contributed by atoms with Crippen LogP contribution in [0.3, 0.4) is 0 Å². The van der Waals surface area contributed by atoms with Crippen LogP contribution in [0.25, 0.3) is 11.0 Å². The van der Waals surface area contributed by atoms with E-state index in [1.54, 1.807) is 6.92 Å². The fourth-order valence-corrected chi connectivity index (χ4v) is 2.66. The first-order valence-corrected chi connectivity index (χ1v) is 7.38. The molecule has 6 nitrogen and oxygen atoms in total. The molecule has 0 saturated carbocycles. The largest absolute Gasteiger partial charge is 0.420 e. The van der Waals surface area contributed by atoms with Crippen LogP contribution in [-0.4, -0.2) is 52.9 Å². The van der Waals surface area contributed by atoms with E-state index in [1.165, 1.54) is 0 Å². The van der Waals surface area contributed by atoms with E-state index in [0.29, 0.717) is 5.82 Å². The van der Waals surface area contributed by atoms with Crippen LogP contribution in [0.5, 0.6) is 0 Å². The Morgan fingerprint density at radius 1 is 1.42 bits per heavy atom. The van der Waals surface area contributed by atoms with Crippen LogP contribution < -0.4 is 5.32 Å². The predicted molar refractivity (Wildman–Crippen MR) is 80.4 cm³/mol. The van der Waals surface area contributed by atoms with Crippen molar-refractivity contribution in [2.24, 2.45) is 0 Å². The summed E-state index contributed by atoms with van der Waals surface area (Å²) in [6.45, 7) is 0.667. The summed E-state index contributed by atoms with van der Waals surface area (Å²) in [6, 6.07) is 6.34. The molecule has 1 saturated heterocycles. The van der Waals surface area contributed by atoms with E-state index in [4.69, 9.17) is 0 Å². The van der Waals surface area contributed by atoms with Crippen LogP contribution >= 0.6 is 0 Å². The second-order valence-electron chi connectivity index (χ2n) is 5.86. The number of carbonyl (C=O) groups is 1. The summed E-state index contributed by atoms with van der Waals surface area (Å²) in [6.07, 6.45) is -4.51. The lowest BCUT2D eigenvalue weighted by Crippen LogP contribution is -2.72. The van der Waals surface area contributed by atoms with Crippen molar-refractivity contribution in [2.45, 2.75) is 24.7 Å². The number of urea groups is 1. The Labute approximate surface area is 136 Å². The minimum Gasteiger partial charge on any atom is -0.365 e. The number of hydrogen-bond acceptors (Lipinski definition) is 3. The molecule has 24 heavy (non-hydrogen) atoms. The molecule has 2 aromatic rings. The number of imidazole rings is 1. The zero-order valence-corrected chi connectivity index (χ0v) is 13.1. The zero-order valence-electron chi connectivity index (χ0n) is 13.1. The number of halogens is 3. The number of benzene rings is 1. The fourth-order valence-electron chi connectivity index (χ4n) is 2.66. The van der Waals surface area contributed by atoms with Crippen LogP contribution in [0.4, 0.5) is 18.0 Å². The average Bonchev–Trinajstić information content (AvgIpc) is 2.89. The number of alkyl halides is 3. The number of fused-ring (bicyclic) bond motifs is 1. The number of nitrogens with one attached hydrogen (secondary N) is 2. The standard InChI is InChI=1S/C15H17F3N4O2/c1-9(12-20-10-5-3-4-6-11(10)21-12)19-13(23)22-7-14(8-22,24-2)15(16,17)18/h3-6,9H,7-8H2,1-2H3,(H,19,23)(H,20,21)/t9-/m0/s1. The van der Waals surface area contributed by atoms with Crippen molar-refractivity contribution >= 4 is 17.1 Å². The van der Waals surface area contributed by atoms with Gasteiger partial charge in [0.05, 0.1) is 30.2 Å². The third kappa shape index (κ3) is 2.68. The summed E-state index contributed by atoms with van der Waals surface area (Å²) < 4.78 is 43.4. The highest BCUT2D eigenvalue weighted by Gasteiger charge is 2.63. The highest BCUT2D eigenvalue weighted by molar-refractivity contribution is 5.77. The number of carbonyl (C=O) groups excluding carboxylic acids is 1. The third-order valence-corrected chi connectivity index (χ3v) is 4.24. The van der Waals surface area contributed by atoms with Gasteiger partial charge in [0.2, 0.25) is 0 Å². The monoisotopic (exact) mass is 342 g/mol. The first kappa shape index (κ1) is 16.6. The van der Waals surface area contributed by atoms with Gasteiger partial charge in [-0.15, -0.1) is 0 Å². The van der Waals surface area contributed by atoms with Gasteiger partial charge in [0.25, 0.3) is 0 Å². The van der Waals surface area contributed by atoms with Crippen molar-refractivity contribution in [2.75, 3.05) is 20.2 Å². The molecule has 2 N–H and O–H groups in total. The van der Waals surface area contributed by atoms with E-state index in [2.05, 4.69) is 20.0 Å². The van der Waals surface area contributed by atoms with Gasteiger partial charge in [-0.2, -0.15) is 13.2 Å². The third-order valence-electron chi connectivity index (χ3n) is 4.24. The maximum atomic E-state index is 12.9. The summed E-state index contributed by atoms with van der Waals surface area (Å²) in [7, 11) is 1.000. The number of H-pyrrole nitrogens is 1. The maximum Gasteiger partial charge on any atom is 0.420 e. The number of ether oxygens (including phenoxy) is 1. The molecule has 1 aromatic carbocycles. The molecule has 0 aliphatic carbocycles. The summed E-state index contributed by atoms with van der Waals surface area (Å²) >= 11 is 0. The molecule has 0 unspecified atom stereocenters. The van der Waals surface area contributed by atoms with E-state index in [9.17, 15) is 18.0 Å². The smallest absolute Gasteiger partial charge is 0.365 e. The Kier molecular flexibility index (Phi) is 3.90. The Bertz CT molecular complexity index is 720. The van der Waals surface area contributed by atoms with E-state index in [-0.39, 0.29) is 0 Å². The molecule has 0 radical (unpaired) electrons. The van der Waals surface area contributed by atoms with Gasteiger partial charge in [0, 0.05) is 7.11 Å². The van der Waals surface area contributed by atoms with Crippen molar-refractivity contribution in [3.8, 4) is 0 Å². The highest BCUT2D eigenvalue weighted by Crippen LogP contribution is 2.40. The zero-order chi connectivity index (χ0) is 17.5.